The average Bonchev–Trinajstić information content (AvgIpc) is 2.76. The molecule has 0 aliphatic carbocycles. The fourth-order valence-corrected chi connectivity index (χ4v) is 1.13. The zero-order chi connectivity index (χ0) is 11.3. The zero-order valence-corrected chi connectivity index (χ0v) is 8.73. The van der Waals surface area contributed by atoms with Crippen LogP contribution in [-0.4, -0.2) is 30.4 Å². The van der Waals surface area contributed by atoms with Crippen LogP contribution in [-0.2, 0) is 20.9 Å². The first-order chi connectivity index (χ1) is 7.19. The lowest BCUT2D eigenvalue weighted by molar-refractivity contribution is -0.158. The maximum atomic E-state index is 11.4. The fraction of sp³-hybridized carbons (Fsp3) is 0.400. The van der Waals surface area contributed by atoms with Gasteiger partial charge in [0.25, 0.3) is 0 Å². The summed E-state index contributed by atoms with van der Waals surface area (Å²) in [7, 11) is 1.18. The molecule has 0 radical (unpaired) electrons. The van der Waals surface area contributed by atoms with Gasteiger partial charge in [-0.25, -0.2) is 4.79 Å². The van der Waals surface area contributed by atoms with E-state index in [1.807, 2.05) is 0 Å². The van der Waals surface area contributed by atoms with Gasteiger partial charge in [-0.15, -0.1) is 0 Å². The van der Waals surface area contributed by atoms with Gasteiger partial charge in [0.05, 0.1) is 19.9 Å². The van der Waals surface area contributed by atoms with Crippen LogP contribution in [0, 0.1) is 0 Å². The van der Waals surface area contributed by atoms with Crippen molar-refractivity contribution in [2.75, 3.05) is 13.7 Å². The summed E-state index contributed by atoms with van der Waals surface area (Å²) in [6.45, 7) is 2.48. The minimum absolute atomic E-state index is 0.275. The Morgan fingerprint density at radius 2 is 2.27 bits per heavy atom. The van der Waals surface area contributed by atoms with Gasteiger partial charge in [0, 0.05) is 6.54 Å². The Balaban J connectivity index is 2.64. The number of methoxy groups -OCH3 is 1. The predicted molar refractivity (Wildman–Crippen MR) is 51.8 cm³/mol. The molecule has 1 amide bonds. The Morgan fingerprint density at radius 3 is 2.73 bits per heavy atom. The van der Waals surface area contributed by atoms with Crippen LogP contribution in [0.25, 0.3) is 0 Å². The largest absolute Gasteiger partial charge is 0.467 e. The lowest BCUT2D eigenvalue weighted by Crippen LogP contribution is -2.36. The molecule has 0 aliphatic heterocycles. The van der Waals surface area contributed by atoms with E-state index in [4.69, 9.17) is 4.42 Å². The molecule has 0 fully saturated rings. The van der Waals surface area contributed by atoms with Gasteiger partial charge in [-0.3, -0.25) is 4.79 Å². The number of hydrogen-bond acceptors (Lipinski definition) is 4. The maximum absolute atomic E-state index is 11.4. The third-order valence-electron chi connectivity index (χ3n) is 1.96. The molecule has 1 heterocycles. The summed E-state index contributed by atoms with van der Waals surface area (Å²) in [5.41, 5.74) is 0. The van der Waals surface area contributed by atoms with Crippen molar-refractivity contribution in [3.63, 3.8) is 0 Å². The highest BCUT2D eigenvalue weighted by Crippen LogP contribution is 2.05. The number of esters is 1. The third-order valence-corrected chi connectivity index (χ3v) is 1.96. The molecule has 5 heteroatoms. The molecule has 0 spiro atoms. The van der Waals surface area contributed by atoms with Gasteiger partial charge in [0.1, 0.15) is 5.76 Å². The molecule has 82 valence electrons. The van der Waals surface area contributed by atoms with Crippen molar-refractivity contribution < 1.29 is 18.7 Å². The highest BCUT2D eigenvalue weighted by atomic mass is 16.5. The van der Waals surface area contributed by atoms with E-state index in [9.17, 15) is 9.59 Å². The molecule has 0 aromatic carbocycles. The Kier molecular flexibility index (Phi) is 3.91. The Bertz CT molecular complexity index is 331. The summed E-state index contributed by atoms with van der Waals surface area (Å²) < 4.78 is 9.44. The molecule has 0 unspecified atom stereocenters. The quantitative estimate of drug-likeness (QED) is 0.548. The summed E-state index contributed by atoms with van der Waals surface area (Å²) in [5, 5.41) is 0. The molecule has 0 bridgehead atoms. The van der Waals surface area contributed by atoms with Gasteiger partial charge in [0.2, 0.25) is 0 Å². The van der Waals surface area contributed by atoms with Crippen molar-refractivity contribution in [1.29, 1.82) is 0 Å². The van der Waals surface area contributed by atoms with E-state index in [2.05, 4.69) is 4.74 Å². The molecular formula is C10H13NO4. The molecule has 0 atom stereocenters. The van der Waals surface area contributed by atoms with Crippen LogP contribution in [0.4, 0.5) is 0 Å². The highest BCUT2D eigenvalue weighted by Gasteiger charge is 2.21. The van der Waals surface area contributed by atoms with Crippen LogP contribution in [0.2, 0.25) is 0 Å². The Morgan fingerprint density at radius 1 is 1.53 bits per heavy atom. The number of carbonyl (C=O) groups excluding carboxylic acids is 2. The lowest BCUT2D eigenvalue weighted by atomic mass is 10.4. The first-order valence-electron chi connectivity index (χ1n) is 4.58. The molecular weight excluding hydrogens is 198 g/mol. The second kappa shape index (κ2) is 5.19. The van der Waals surface area contributed by atoms with E-state index in [-0.39, 0.29) is 6.54 Å². The topological polar surface area (TPSA) is 59.8 Å². The van der Waals surface area contributed by atoms with E-state index < -0.39 is 11.9 Å². The van der Waals surface area contributed by atoms with Crippen LogP contribution >= 0.6 is 0 Å². The normalized spacial score (nSPS) is 9.73. The smallest absolute Gasteiger partial charge is 0.396 e. The SMILES string of the molecule is CCN(Cc1ccco1)C(=O)C(=O)OC. The molecule has 1 aromatic heterocycles. The second-order valence-corrected chi connectivity index (χ2v) is 2.89. The highest BCUT2D eigenvalue weighted by molar-refractivity contribution is 6.32. The molecule has 15 heavy (non-hydrogen) atoms. The summed E-state index contributed by atoms with van der Waals surface area (Å²) in [5.74, 6) is -0.881. The van der Waals surface area contributed by atoms with E-state index in [0.29, 0.717) is 12.3 Å². The molecule has 1 aromatic rings. The van der Waals surface area contributed by atoms with Crippen LogP contribution in [0.1, 0.15) is 12.7 Å². The standard InChI is InChI=1S/C10H13NO4/c1-3-11(9(12)10(13)14-2)7-8-5-4-6-15-8/h4-6H,3,7H2,1-2H3. The van der Waals surface area contributed by atoms with Crippen LogP contribution < -0.4 is 0 Å². The third kappa shape index (κ3) is 2.83. The molecule has 0 N–H and O–H groups in total. The minimum Gasteiger partial charge on any atom is -0.467 e. The van der Waals surface area contributed by atoms with Gasteiger partial charge in [0.15, 0.2) is 0 Å². The van der Waals surface area contributed by atoms with Crippen molar-refractivity contribution in [3.05, 3.63) is 24.2 Å². The van der Waals surface area contributed by atoms with E-state index in [1.54, 1.807) is 19.1 Å². The Hall–Kier alpha value is -1.78. The number of furan rings is 1. The van der Waals surface area contributed by atoms with Gasteiger partial charge in [-0.2, -0.15) is 0 Å². The number of nitrogens with zero attached hydrogens (tertiary/aromatic N) is 1. The number of likely N-dealkylation sites (N-methyl/N-ethyl adjacent to an activating group) is 1. The van der Waals surface area contributed by atoms with Crippen molar-refractivity contribution in [3.8, 4) is 0 Å². The zero-order valence-electron chi connectivity index (χ0n) is 8.73. The van der Waals surface area contributed by atoms with Crippen molar-refractivity contribution in [1.82, 2.24) is 4.90 Å². The van der Waals surface area contributed by atoms with Crippen LogP contribution in [0.5, 0.6) is 0 Å². The number of amides is 1. The van der Waals surface area contributed by atoms with E-state index in [1.165, 1.54) is 18.3 Å². The van der Waals surface area contributed by atoms with Gasteiger partial charge in [-0.1, -0.05) is 0 Å². The van der Waals surface area contributed by atoms with Gasteiger partial charge >= 0.3 is 11.9 Å². The number of ether oxygens (including phenoxy) is 1. The van der Waals surface area contributed by atoms with E-state index in [0.717, 1.165) is 0 Å². The summed E-state index contributed by atoms with van der Waals surface area (Å²) in [6, 6.07) is 3.47. The van der Waals surface area contributed by atoms with Crippen molar-refractivity contribution in [2.24, 2.45) is 0 Å². The summed E-state index contributed by atoms with van der Waals surface area (Å²) in [6.07, 6.45) is 1.52. The average molecular weight is 211 g/mol. The van der Waals surface area contributed by atoms with Crippen LogP contribution in [0.15, 0.2) is 22.8 Å². The predicted octanol–water partition coefficient (Wildman–Crippen LogP) is 0.801. The van der Waals surface area contributed by atoms with Gasteiger partial charge < -0.3 is 14.1 Å². The first kappa shape index (κ1) is 11.3. The van der Waals surface area contributed by atoms with Crippen molar-refractivity contribution in [2.45, 2.75) is 13.5 Å². The summed E-state index contributed by atoms with van der Waals surface area (Å²) >= 11 is 0. The number of rotatable bonds is 3. The Labute approximate surface area is 87.6 Å². The molecule has 5 nitrogen and oxygen atoms in total. The molecule has 0 saturated heterocycles. The van der Waals surface area contributed by atoms with Crippen LogP contribution in [0.3, 0.4) is 0 Å². The lowest BCUT2D eigenvalue weighted by Gasteiger charge is -2.17. The van der Waals surface area contributed by atoms with Gasteiger partial charge in [-0.05, 0) is 19.1 Å². The monoisotopic (exact) mass is 211 g/mol. The maximum Gasteiger partial charge on any atom is 0.396 e. The molecule has 0 saturated carbocycles. The molecule has 1 rings (SSSR count). The second-order valence-electron chi connectivity index (χ2n) is 2.89. The number of carbonyl (C=O) groups is 2. The minimum atomic E-state index is -0.858. The summed E-state index contributed by atoms with van der Waals surface area (Å²) in [4.78, 5) is 23.8. The fourth-order valence-electron chi connectivity index (χ4n) is 1.13. The van der Waals surface area contributed by atoms with Crippen molar-refractivity contribution >= 4 is 11.9 Å². The molecule has 0 aliphatic rings. The number of hydrogen-bond donors (Lipinski definition) is 0. The first-order valence-corrected chi connectivity index (χ1v) is 4.58. The van der Waals surface area contributed by atoms with E-state index >= 15 is 0 Å².